The first-order valence-corrected chi connectivity index (χ1v) is 13.7. The molecule has 0 aliphatic carbocycles. The van der Waals surface area contributed by atoms with E-state index in [1.807, 2.05) is 30.3 Å². The van der Waals surface area contributed by atoms with Gasteiger partial charge in [-0.3, -0.25) is 14.9 Å². The Bertz CT molecular complexity index is 1040. The van der Waals surface area contributed by atoms with Gasteiger partial charge in [0.1, 0.15) is 0 Å². The zero-order chi connectivity index (χ0) is 23.3. The number of hydrogen-bond donors (Lipinski definition) is 1. The fraction of sp³-hybridized carbons (Fsp3) is 0.435. The number of hydrogen-bond acceptors (Lipinski definition) is 5. The molecule has 2 aliphatic heterocycles. The molecule has 7 nitrogen and oxygen atoms in total. The number of carbonyl (C=O) groups is 1. The van der Waals surface area contributed by atoms with Crippen molar-refractivity contribution in [2.24, 2.45) is 5.92 Å². The molecule has 0 unspecified atom stereocenters. The molecule has 1 N–H and O–H groups in total. The molecule has 9 heteroatoms. The molecule has 1 saturated heterocycles. The molecule has 0 radical (unpaired) electrons. The molecule has 2 aromatic rings. The zero-order valence-corrected chi connectivity index (χ0v) is 19.3. The van der Waals surface area contributed by atoms with Crippen LogP contribution in [-0.2, 0) is 21.7 Å². The number of carbonyl (C=O) groups excluding carboxylic acids is 1. The molecular weight excluding hydrogens is 431 g/mol. The molecule has 2 aromatic carbocycles. The molecule has 0 saturated carbocycles. The number of aliphatic hydroxyl groups is 1. The van der Waals surface area contributed by atoms with E-state index in [4.69, 9.17) is 4.74 Å². The molecule has 1 spiro atoms. The lowest BCUT2D eigenvalue weighted by Gasteiger charge is -2.31. The van der Waals surface area contributed by atoms with Gasteiger partial charge in [-0.2, -0.15) is 0 Å². The van der Waals surface area contributed by atoms with Crippen LogP contribution in [0.1, 0.15) is 24.5 Å². The Morgan fingerprint density at radius 1 is 1.25 bits per heavy atom. The average Bonchev–Trinajstić information content (AvgIpc) is 3.16. The van der Waals surface area contributed by atoms with Gasteiger partial charge in [-0.25, -0.2) is 0 Å². The van der Waals surface area contributed by atoms with E-state index >= 15 is 4.11 Å². The third-order valence-corrected chi connectivity index (χ3v) is 9.21. The Hall–Kier alpha value is -2.62. The van der Waals surface area contributed by atoms with E-state index in [1.54, 1.807) is 31.0 Å². The maximum atomic E-state index is 15.5. The average molecular weight is 459 g/mol. The Morgan fingerprint density at radius 3 is 2.53 bits per heavy atom. The van der Waals surface area contributed by atoms with Crippen molar-refractivity contribution < 1.29 is 23.7 Å². The van der Waals surface area contributed by atoms with Crippen LogP contribution >= 0.6 is 0 Å². The van der Waals surface area contributed by atoms with Crippen LogP contribution < -0.4 is 4.90 Å². The SMILES string of the molecule is C[C@H]1[C@H]([Si](C)(C)F)[C@@H](CCO)O[C@]12C(=O)N(Cc1ccccc1)c1ccc([N+](=O)[O-])cc12. The van der Waals surface area contributed by atoms with Crippen LogP contribution in [0, 0.1) is 16.0 Å². The van der Waals surface area contributed by atoms with Gasteiger partial charge in [0.15, 0.2) is 5.60 Å². The second-order valence-electron chi connectivity index (χ2n) is 9.12. The van der Waals surface area contributed by atoms with Gasteiger partial charge in [0, 0.05) is 35.8 Å². The highest BCUT2D eigenvalue weighted by molar-refractivity contribution is 6.72. The summed E-state index contributed by atoms with van der Waals surface area (Å²) in [6.45, 7) is 5.03. The first-order valence-electron chi connectivity index (χ1n) is 10.7. The first-order chi connectivity index (χ1) is 15.1. The largest absolute Gasteiger partial charge is 0.396 e. The van der Waals surface area contributed by atoms with Crippen molar-refractivity contribution >= 4 is 25.7 Å². The lowest BCUT2D eigenvalue weighted by atomic mass is 9.82. The van der Waals surface area contributed by atoms with Gasteiger partial charge in [-0.1, -0.05) is 37.3 Å². The fourth-order valence-electron chi connectivity index (χ4n) is 5.47. The van der Waals surface area contributed by atoms with Crippen LogP contribution in [0.3, 0.4) is 0 Å². The summed E-state index contributed by atoms with van der Waals surface area (Å²) in [5.74, 6) is -0.882. The molecule has 32 heavy (non-hydrogen) atoms. The summed E-state index contributed by atoms with van der Waals surface area (Å²) in [6, 6.07) is 13.8. The lowest BCUT2D eigenvalue weighted by molar-refractivity contribution is -0.385. The van der Waals surface area contributed by atoms with Gasteiger partial charge >= 0.3 is 0 Å². The van der Waals surface area contributed by atoms with Gasteiger partial charge < -0.3 is 18.9 Å². The molecule has 4 rings (SSSR count). The molecule has 2 aliphatic rings. The number of amides is 1. The summed E-state index contributed by atoms with van der Waals surface area (Å²) in [7, 11) is -3.30. The number of anilines is 1. The molecule has 2 heterocycles. The fourth-order valence-corrected chi connectivity index (χ4v) is 8.01. The predicted octanol–water partition coefficient (Wildman–Crippen LogP) is 4.30. The highest BCUT2D eigenvalue weighted by Crippen LogP contribution is 2.60. The van der Waals surface area contributed by atoms with Crippen LogP contribution in [0.25, 0.3) is 0 Å². The molecule has 0 bridgehead atoms. The minimum absolute atomic E-state index is 0.146. The molecule has 1 fully saturated rings. The number of nitro groups is 1. The van der Waals surface area contributed by atoms with Crippen LogP contribution in [0.2, 0.25) is 18.6 Å². The van der Waals surface area contributed by atoms with E-state index in [0.717, 1.165) is 5.56 Å². The topological polar surface area (TPSA) is 92.9 Å². The van der Waals surface area contributed by atoms with Gasteiger partial charge in [0.25, 0.3) is 11.6 Å². The number of ether oxygens (including phenoxy) is 1. The summed E-state index contributed by atoms with van der Waals surface area (Å²) < 4.78 is 21.8. The van der Waals surface area contributed by atoms with Crippen molar-refractivity contribution in [2.75, 3.05) is 11.5 Å². The van der Waals surface area contributed by atoms with Crippen molar-refractivity contribution in [1.82, 2.24) is 0 Å². The minimum Gasteiger partial charge on any atom is -0.396 e. The van der Waals surface area contributed by atoms with Crippen molar-refractivity contribution in [2.45, 2.75) is 50.2 Å². The van der Waals surface area contributed by atoms with Crippen molar-refractivity contribution in [3.8, 4) is 0 Å². The highest BCUT2D eigenvalue weighted by Gasteiger charge is 2.66. The Morgan fingerprint density at radius 2 is 1.94 bits per heavy atom. The number of nitrogens with zero attached hydrogens (tertiary/aromatic N) is 2. The van der Waals surface area contributed by atoms with Gasteiger partial charge in [0.05, 0.1) is 23.3 Å². The quantitative estimate of drug-likeness (QED) is 0.302. The number of aliphatic hydroxyl groups excluding tert-OH is 1. The maximum absolute atomic E-state index is 15.5. The zero-order valence-electron chi connectivity index (χ0n) is 18.3. The number of benzene rings is 2. The second kappa shape index (κ2) is 8.06. The summed E-state index contributed by atoms with van der Waals surface area (Å²) in [4.78, 5) is 26.6. The number of rotatable bonds is 6. The third kappa shape index (κ3) is 3.44. The summed E-state index contributed by atoms with van der Waals surface area (Å²) in [6.07, 6.45) is -0.442. The molecule has 1 amide bonds. The highest BCUT2D eigenvalue weighted by atomic mass is 28.4. The number of nitro benzene ring substituents is 1. The van der Waals surface area contributed by atoms with Crippen molar-refractivity contribution in [3.63, 3.8) is 0 Å². The Balaban J connectivity index is 1.87. The van der Waals surface area contributed by atoms with Gasteiger partial charge in [-0.15, -0.1) is 0 Å². The second-order valence-corrected chi connectivity index (χ2v) is 12.9. The van der Waals surface area contributed by atoms with E-state index in [0.29, 0.717) is 11.3 Å². The van der Waals surface area contributed by atoms with Crippen LogP contribution in [0.5, 0.6) is 0 Å². The molecular formula is C23H27FN2O5Si. The third-order valence-electron chi connectivity index (χ3n) is 6.75. The van der Waals surface area contributed by atoms with E-state index < -0.39 is 36.5 Å². The minimum atomic E-state index is -3.30. The smallest absolute Gasteiger partial charge is 0.269 e. The number of halogens is 1. The van der Waals surface area contributed by atoms with Gasteiger partial charge in [-0.05, 0) is 31.1 Å². The number of non-ortho nitro benzene ring substituents is 1. The van der Waals surface area contributed by atoms with E-state index in [9.17, 15) is 20.0 Å². The van der Waals surface area contributed by atoms with Crippen LogP contribution in [-0.4, -0.2) is 37.1 Å². The Labute approximate surface area is 187 Å². The standard InChI is InChI=1S/C23H27FN2O5Si/c1-15-21(32(2,3)24)20(11-12-27)31-23(15)18-13-17(26(29)30)9-10-19(18)25(22(23)28)14-16-7-5-4-6-8-16/h4-10,13,15,20-21,27H,11-12,14H2,1-3H3/t15-,20+,21-,23+/m0/s1. The molecule has 4 atom stereocenters. The first kappa shape index (κ1) is 22.6. The van der Waals surface area contributed by atoms with Crippen LogP contribution in [0.4, 0.5) is 15.5 Å². The van der Waals surface area contributed by atoms with E-state index in [2.05, 4.69) is 0 Å². The molecule has 0 aromatic heterocycles. The van der Waals surface area contributed by atoms with E-state index in [-0.39, 0.29) is 31.2 Å². The Kier molecular flexibility index (Phi) is 5.68. The van der Waals surface area contributed by atoms with Gasteiger partial charge in [0.2, 0.25) is 8.41 Å². The summed E-state index contributed by atoms with van der Waals surface area (Å²) in [5, 5.41) is 21.1. The number of fused-ring (bicyclic) bond motifs is 2. The predicted molar refractivity (Wildman–Crippen MR) is 120 cm³/mol. The summed E-state index contributed by atoms with van der Waals surface area (Å²) >= 11 is 0. The summed E-state index contributed by atoms with van der Waals surface area (Å²) in [5.41, 5.74) is -0.357. The van der Waals surface area contributed by atoms with Crippen molar-refractivity contribution in [1.29, 1.82) is 0 Å². The monoisotopic (exact) mass is 458 g/mol. The lowest BCUT2D eigenvalue weighted by Crippen LogP contribution is -2.45. The van der Waals surface area contributed by atoms with Crippen molar-refractivity contribution in [3.05, 3.63) is 69.8 Å². The normalized spacial score (nSPS) is 27.2. The maximum Gasteiger partial charge on any atom is 0.269 e. The van der Waals surface area contributed by atoms with E-state index in [1.165, 1.54) is 12.1 Å². The molecule has 170 valence electrons. The van der Waals surface area contributed by atoms with Crippen LogP contribution in [0.15, 0.2) is 48.5 Å².